The van der Waals surface area contributed by atoms with Crippen LogP contribution in [0.15, 0.2) is 30.3 Å². The van der Waals surface area contributed by atoms with E-state index in [-0.39, 0.29) is 12.1 Å². The van der Waals surface area contributed by atoms with E-state index in [9.17, 15) is 4.79 Å². The maximum Gasteiger partial charge on any atom is 0.407 e. The second-order valence-corrected chi connectivity index (χ2v) is 6.02. The molecular formula is C17H27NO4. The van der Waals surface area contributed by atoms with Gasteiger partial charge in [-0.15, -0.1) is 0 Å². The second-order valence-electron chi connectivity index (χ2n) is 6.02. The van der Waals surface area contributed by atoms with E-state index in [0.29, 0.717) is 26.4 Å². The molecular weight excluding hydrogens is 282 g/mol. The van der Waals surface area contributed by atoms with E-state index in [4.69, 9.17) is 14.2 Å². The largest absolute Gasteiger partial charge is 0.447 e. The first-order chi connectivity index (χ1) is 10.5. The Hall–Kier alpha value is -1.59. The highest BCUT2D eigenvalue weighted by Gasteiger charge is 2.13. The molecule has 5 heteroatoms. The minimum atomic E-state index is -0.415. The Labute approximate surface area is 132 Å². The summed E-state index contributed by atoms with van der Waals surface area (Å²) in [5.41, 5.74) is 0.885. The summed E-state index contributed by atoms with van der Waals surface area (Å²) in [5.74, 6) is 0. The summed E-state index contributed by atoms with van der Waals surface area (Å²) in [4.78, 5) is 11.4. The summed E-state index contributed by atoms with van der Waals surface area (Å²) in [6.45, 7) is 8.24. The van der Waals surface area contributed by atoms with Gasteiger partial charge in [-0.3, -0.25) is 0 Å². The molecule has 0 spiro atoms. The monoisotopic (exact) mass is 309 g/mol. The number of ether oxygens (including phenoxy) is 3. The first kappa shape index (κ1) is 18.5. The lowest BCUT2D eigenvalue weighted by molar-refractivity contribution is 0.0498. The number of hydrogen-bond donors (Lipinski definition) is 1. The van der Waals surface area contributed by atoms with Crippen molar-refractivity contribution in [2.24, 2.45) is 0 Å². The van der Waals surface area contributed by atoms with Crippen LogP contribution in [-0.4, -0.2) is 38.1 Å². The van der Waals surface area contributed by atoms with Crippen LogP contribution in [0.1, 0.15) is 32.8 Å². The van der Waals surface area contributed by atoms with E-state index in [1.807, 2.05) is 51.1 Å². The molecule has 1 rings (SSSR count). The van der Waals surface area contributed by atoms with Crippen LogP contribution in [0, 0.1) is 0 Å². The number of amides is 1. The highest BCUT2D eigenvalue weighted by molar-refractivity contribution is 5.67. The number of hydrogen-bond acceptors (Lipinski definition) is 4. The number of nitrogens with one attached hydrogen (secondary N) is 1. The third-order valence-corrected chi connectivity index (χ3v) is 2.63. The molecule has 124 valence electrons. The van der Waals surface area contributed by atoms with Crippen molar-refractivity contribution in [3.8, 4) is 0 Å². The zero-order valence-corrected chi connectivity index (χ0v) is 13.8. The predicted octanol–water partition coefficient (Wildman–Crippen LogP) is 3.13. The fraction of sp³-hybridized carbons (Fsp3) is 0.588. The molecule has 0 aromatic heterocycles. The van der Waals surface area contributed by atoms with E-state index >= 15 is 0 Å². The molecule has 0 heterocycles. The Balaban J connectivity index is 1.89. The molecule has 0 bridgehead atoms. The number of carbonyl (C=O) groups excluding carboxylic acids is 1. The topological polar surface area (TPSA) is 56.8 Å². The average Bonchev–Trinajstić information content (AvgIpc) is 2.44. The minimum Gasteiger partial charge on any atom is -0.447 e. The van der Waals surface area contributed by atoms with Gasteiger partial charge in [-0.1, -0.05) is 30.3 Å². The lowest BCUT2D eigenvalue weighted by atomic mass is 10.1. The van der Waals surface area contributed by atoms with Gasteiger partial charge in [0.05, 0.1) is 13.2 Å². The highest BCUT2D eigenvalue weighted by atomic mass is 16.6. The predicted molar refractivity (Wildman–Crippen MR) is 85.8 cm³/mol. The average molecular weight is 309 g/mol. The van der Waals surface area contributed by atoms with Crippen molar-refractivity contribution >= 4 is 6.09 Å². The molecule has 1 aromatic rings. The summed E-state index contributed by atoms with van der Waals surface area (Å²) < 4.78 is 15.9. The second kappa shape index (κ2) is 10.2. The molecule has 1 N–H and O–H groups in total. The van der Waals surface area contributed by atoms with E-state index in [0.717, 1.165) is 6.42 Å². The number of carbonyl (C=O) groups is 1. The molecule has 0 atom stereocenters. The summed E-state index contributed by atoms with van der Waals surface area (Å²) >= 11 is 0. The van der Waals surface area contributed by atoms with Crippen LogP contribution in [0.3, 0.4) is 0 Å². The third-order valence-electron chi connectivity index (χ3n) is 2.63. The Morgan fingerprint density at radius 3 is 2.36 bits per heavy atom. The van der Waals surface area contributed by atoms with Crippen molar-refractivity contribution in [1.82, 2.24) is 5.32 Å². The number of benzene rings is 1. The van der Waals surface area contributed by atoms with E-state index < -0.39 is 6.09 Å². The molecule has 0 radical (unpaired) electrons. The van der Waals surface area contributed by atoms with Gasteiger partial charge in [0.15, 0.2) is 0 Å². The normalized spacial score (nSPS) is 11.2. The Bertz CT molecular complexity index is 414. The summed E-state index contributed by atoms with van der Waals surface area (Å²) in [5, 5.41) is 2.72. The SMILES string of the molecule is CC(C)(C)NC(=O)OCCOCCCOCc1ccccc1. The van der Waals surface area contributed by atoms with Crippen LogP contribution < -0.4 is 5.32 Å². The molecule has 0 unspecified atom stereocenters. The third kappa shape index (κ3) is 10.2. The molecule has 0 saturated heterocycles. The van der Waals surface area contributed by atoms with Crippen molar-refractivity contribution in [2.75, 3.05) is 26.4 Å². The highest BCUT2D eigenvalue weighted by Crippen LogP contribution is 2.01. The van der Waals surface area contributed by atoms with E-state index in [2.05, 4.69) is 5.32 Å². The first-order valence-corrected chi connectivity index (χ1v) is 7.62. The van der Waals surface area contributed by atoms with Gasteiger partial charge >= 0.3 is 6.09 Å². The first-order valence-electron chi connectivity index (χ1n) is 7.62. The smallest absolute Gasteiger partial charge is 0.407 e. The summed E-state index contributed by atoms with van der Waals surface area (Å²) in [6.07, 6.45) is 0.406. The van der Waals surface area contributed by atoms with Gasteiger partial charge in [0.25, 0.3) is 0 Å². The van der Waals surface area contributed by atoms with Crippen LogP contribution in [-0.2, 0) is 20.8 Å². The van der Waals surface area contributed by atoms with Crippen molar-refractivity contribution in [3.05, 3.63) is 35.9 Å². The Kier molecular flexibility index (Phi) is 8.55. The van der Waals surface area contributed by atoms with Gasteiger partial charge in [0, 0.05) is 18.8 Å². The van der Waals surface area contributed by atoms with E-state index in [1.54, 1.807) is 0 Å². The summed E-state index contributed by atoms with van der Waals surface area (Å²) in [7, 11) is 0. The lowest BCUT2D eigenvalue weighted by Crippen LogP contribution is -2.41. The molecule has 5 nitrogen and oxygen atoms in total. The van der Waals surface area contributed by atoms with Crippen LogP contribution in [0.25, 0.3) is 0 Å². The lowest BCUT2D eigenvalue weighted by Gasteiger charge is -2.19. The van der Waals surface area contributed by atoms with Crippen LogP contribution in [0.5, 0.6) is 0 Å². The zero-order chi connectivity index (χ0) is 16.3. The zero-order valence-electron chi connectivity index (χ0n) is 13.8. The molecule has 0 aliphatic carbocycles. The van der Waals surface area contributed by atoms with Gasteiger partial charge in [-0.25, -0.2) is 4.79 Å². The van der Waals surface area contributed by atoms with Crippen molar-refractivity contribution in [1.29, 1.82) is 0 Å². The molecule has 22 heavy (non-hydrogen) atoms. The van der Waals surface area contributed by atoms with Gasteiger partial charge in [-0.05, 0) is 32.8 Å². The molecule has 0 fully saturated rings. The maximum atomic E-state index is 11.4. The fourth-order valence-electron chi connectivity index (χ4n) is 1.66. The van der Waals surface area contributed by atoms with Gasteiger partial charge in [0.2, 0.25) is 0 Å². The number of alkyl carbamates (subject to hydrolysis) is 1. The van der Waals surface area contributed by atoms with Gasteiger partial charge in [-0.2, -0.15) is 0 Å². The van der Waals surface area contributed by atoms with Crippen molar-refractivity contribution in [2.45, 2.75) is 39.3 Å². The molecule has 0 aliphatic heterocycles. The fourth-order valence-corrected chi connectivity index (χ4v) is 1.66. The van der Waals surface area contributed by atoms with Gasteiger partial charge in [0.1, 0.15) is 6.61 Å². The Morgan fingerprint density at radius 1 is 1.00 bits per heavy atom. The molecule has 1 amide bonds. The Morgan fingerprint density at radius 2 is 1.68 bits per heavy atom. The molecule has 0 aliphatic rings. The number of rotatable bonds is 9. The van der Waals surface area contributed by atoms with Crippen molar-refractivity contribution in [3.63, 3.8) is 0 Å². The van der Waals surface area contributed by atoms with Gasteiger partial charge < -0.3 is 19.5 Å². The van der Waals surface area contributed by atoms with E-state index in [1.165, 1.54) is 5.56 Å². The maximum absolute atomic E-state index is 11.4. The van der Waals surface area contributed by atoms with Crippen LogP contribution in [0.4, 0.5) is 4.79 Å². The molecule has 0 saturated carbocycles. The quantitative estimate of drug-likeness (QED) is 0.712. The summed E-state index contributed by atoms with van der Waals surface area (Å²) in [6, 6.07) is 10.1. The van der Waals surface area contributed by atoms with Crippen molar-refractivity contribution < 1.29 is 19.0 Å². The molecule has 1 aromatic carbocycles. The standard InChI is InChI=1S/C17H27NO4/c1-17(2,3)18-16(19)22-13-12-20-10-7-11-21-14-15-8-5-4-6-9-15/h4-6,8-9H,7,10-14H2,1-3H3,(H,18,19). The van der Waals surface area contributed by atoms with Crippen LogP contribution in [0.2, 0.25) is 0 Å². The minimum absolute atomic E-state index is 0.257. The van der Waals surface area contributed by atoms with Crippen LogP contribution >= 0.6 is 0 Å².